The van der Waals surface area contributed by atoms with Crippen molar-refractivity contribution in [1.29, 1.82) is 0 Å². The van der Waals surface area contributed by atoms with E-state index in [-0.39, 0.29) is 90.1 Å². The number of carbonyl (C=O) groups excluding carboxylic acids is 2. The van der Waals surface area contributed by atoms with Crippen molar-refractivity contribution in [2.24, 2.45) is 11.5 Å². The zero-order valence-corrected chi connectivity index (χ0v) is 18.1. The Bertz CT molecular complexity index is 315. The van der Waals surface area contributed by atoms with Gasteiger partial charge in [-0.3, -0.25) is 9.59 Å². The molecule has 21 heavy (non-hydrogen) atoms. The molecule has 2 atom stereocenters. The molecule has 0 aromatic carbocycles. The average Bonchev–Trinajstić information content (AvgIpc) is 2.16. The quantitative estimate of drug-likeness (QED) is 0.337. The third-order valence-electron chi connectivity index (χ3n) is 1.39. The van der Waals surface area contributed by atoms with Gasteiger partial charge in [0, 0.05) is 0 Å². The van der Waals surface area contributed by atoms with E-state index in [0.717, 1.165) is 0 Å². The Kier molecular flexibility index (Phi) is 30.0. The van der Waals surface area contributed by atoms with Crippen LogP contribution in [0.25, 0.3) is 0 Å². The number of nitrogens with two attached hydrogens (primary N) is 2. The third-order valence-corrected chi connectivity index (χ3v) is 1.39. The van der Waals surface area contributed by atoms with Gasteiger partial charge in [-0.05, 0) is 0 Å². The first-order chi connectivity index (χ1) is 8.07. The predicted molar refractivity (Wildman–Crippen MR) is 51.6 cm³/mol. The second-order valence-electron chi connectivity index (χ2n) is 3.05. The number of hydrogen-bond donors (Lipinski definition) is 4. The van der Waals surface area contributed by atoms with Crippen LogP contribution in [0.5, 0.6) is 0 Å². The standard InChI is InChI=1S/2C4H7NO4.3Na.H/c2*5-2(4(8)9)1-3(6)7;;;;/h2*2H,1,5H2,(H,6,7)(H,8,9);;;;/q;;3*+1;-1/p-2. The van der Waals surface area contributed by atoms with E-state index in [1.807, 2.05) is 0 Å². The van der Waals surface area contributed by atoms with Crippen LogP contribution in [0.1, 0.15) is 14.3 Å². The van der Waals surface area contributed by atoms with Crippen molar-refractivity contribution in [2.75, 3.05) is 0 Å². The molecular weight excluding hydrogens is 321 g/mol. The summed E-state index contributed by atoms with van der Waals surface area (Å²) in [6.07, 6.45) is -1.19. The number of hydrogen-bond acceptors (Lipinski definition) is 8. The van der Waals surface area contributed by atoms with Gasteiger partial charge in [0.2, 0.25) is 0 Å². The van der Waals surface area contributed by atoms with Gasteiger partial charge in [0.05, 0.1) is 36.9 Å². The Hall–Kier alpha value is 0.800. The van der Waals surface area contributed by atoms with Gasteiger partial charge in [-0.1, -0.05) is 0 Å². The van der Waals surface area contributed by atoms with Crippen LogP contribution >= 0.6 is 0 Å². The van der Waals surface area contributed by atoms with Crippen molar-refractivity contribution in [3.05, 3.63) is 0 Å². The molecule has 0 radical (unpaired) electrons. The van der Waals surface area contributed by atoms with Crippen LogP contribution < -0.4 is 110 Å². The molecular formula is C8H13N2Na3O8. The minimum absolute atomic E-state index is 0. The van der Waals surface area contributed by atoms with E-state index in [2.05, 4.69) is 0 Å². The normalized spacial score (nSPS) is 10.8. The van der Waals surface area contributed by atoms with Gasteiger partial charge in [-0.15, -0.1) is 0 Å². The van der Waals surface area contributed by atoms with Crippen molar-refractivity contribution in [3.63, 3.8) is 0 Å². The fourth-order valence-corrected chi connectivity index (χ4v) is 0.543. The van der Waals surface area contributed by atoms with Crippen LogP contribution in [0.15, 0.2) is 0 Å². The Balaban J connectivity index is -0.0000000492. The molecule has 0 saturated carbocycles. The molecule has 10 nitrogen and oxygen atoms in total. The summed E-state index contributed by atoms with van der Waals surface area (Å²) >= 11 is 0. The molecule has 0 aliphatic carbocycles. The van der Waals surface area contributed by atoms with E-state index < -0.39 is 48.8 Å². The Morgan fingerprint density at radius 2 is 1.00 bits per heavy atom. The summed E-state index contributed by atoms with van der Waals surface area (Å²) < 4.78 is 0. The molecule has 6 N–H and O–H groups in total. The molecule has 0 amide bonds. The Morgan fingerprint density at radius 3 is 1.05 bits per heavy atom. The summed E-state index contributed by atoms with van der Waals surface area (Å²) in [5.41, 5.74) is 9.55. The van der Waals surface area contributed by atoms with E-state index >= 15 is 0 Å². The van der Waals surface area contributed by atoms with Crippen molar-refractivity contribution in [2.45, 2.75) is 24.9 Å². The van der Waals surface area contributed by atoms with E-state index in [1.54, 1.807) is 0 Å². The fraction of sp³-hybridized carbons (Fsp3) is 0.500. The first kappa shape index (κ1) is 33.4. The Labute approximate surface area is 188 Å². The summed E-state index contributed by atoms with van der Waals surface area (Å²) in [4.78, 5) is 39.0. The van der Waals surface area contributed by atoms with Crippen molar-refractivity contribution in [1.82, 2.24) is 0 Å². The topological polar surface area (TPSA) is 207 Å². The molecule has 0 rings (SSSR count). The molecule has 0 heterocycles. The largest absolute Gasteiger partial charge is 1.00 e. The third kappa shape index (κ3) is 26.0. The smallest absolute Gasteiger partial charge is 1.00 e. The molecule has 0 aromatic rings. The van der Waals surface area contributed by atoms with Crippen LogP contribution in [-0.4, -0.2) is 46.2 Å². The maximum Gasteiger partial charge on any atom is 1.00 e. The molecule has 0 aliphatic heterocycles. The molecule has 2 unspecified atom stereocenters. The van der Waals surface area contributed by atoms with Crippen molar-refractivity contribution >= 4 is 23.9 Å². The zero-order valence-electron chi connectivity index (χ0n) is 13.1. The maximum atomic E-state index is 9.74. The molecule has 13 heteroatoms. The minimum atomic E-state index is -1.54. The predicted octanol–water partition coefficient (Wildman–Crippen LogP) is -13.8. The summed E-state index contributed by atoms with van der Waals surface area (Å²) in [6, 6.07) is -2.80. The van der Waals surface area contributed by atoms with Crippen LogP contribution in [0.4, 0.5) is 0 Å². The molecule has 0 aromatic heterocycles. The van der Waals surface area contributed by atoms with E-state index in [1.165, 1.54) is 0 Å². The summed E-state index contributed by atoms with van der Waals surface area (Å²) in [5, 5.41) is 35.4. The van der Waals surface area contributed by atoms with Gasteiger partial charge >= 0.3 is 101 Å². The Morgan fingerprint density at radius 1 is 0.810 bits per heavy atom. The number of carbonyl (C=O) groups is 4. The minimum Gasteiger partial charge on any atom is -1.00 e. The SMILES string of the molecule is NC(CC(=O)O)C(=O)[O-].NC(CC(=O)O)C(=O)[O-].[H-].[Na+].[Na+].[Na+]. The fourth-order valence-electron chi connectivity index (χ4n) is 0.543. The van der Waals surface area contributed by atoms with E-state index in [4.69, 9.17) is 21.7 Å². The van der Waals surface area contributed by atoms with Crippen molar-refractivity contribution < 1.29 is 130 Å². The van der Waals surface area contributed by atoms with Crippen molar-refractivity contribution in [3.8, 4) is 0 Å². The molecule has 0 fully saturated rings. The summed E-state index contributed by atoms with van der Waals surface area (Å²) in [6.45, 7) is 0. The molecule has 106 valence electrons. The summed E-state index contributed by atoms with van der Waals surface area (Å²) in [7, 11) is 0. The van der Waals surface area contributed by atoms with Crippen LogP contribution in [-0.2, 0) is 19.2 Å². The van der Waals surface area contributed by atoms with Gasteiger partial charge in [-0.2, -0.15) is 0 Å². The maximum absolute atomic E-state index is 9.74. The number of carboxylic acid groups (broad SMARTS) is 4. The summed E-state index contributed by atoms with van der Waals surface area (Å²) in [5.74, 6) is -5.58. The molecule has 0 bridgehead atoms. The molecule has 0 saturated heterocycles. The van der Waals surface area contributed by atoms with Crippen LogP contribution in [0.2, 0.25) is 0 Å². The molecule has 0 aliphatic rings. The molecule has 0 spiro atoms. The van der Waals surface area contributed by atoms with Gasteiger partial charge in [0.1, 0.15) is 0 Å². The van der Waals surface area contributed by atoms with E-state index in [9.17, 15) is 29.4 Å². The second kappa shape index (κ2) is 18.8. The van der Waals surface area contributed by atoms with Crippen LogP contribution in [0, 0.1) is 0 Å². The average molecular weight is 334 g/mol. The van der Waals surface area contributed by atoms with Gasteiger partial charge < -0.3 is 42.9 Å². The van der Waals surface area contributed by atoms with Gasteiger partial charge in [-0.25, -0.2) is 0 Å². The van der Waals surface area contributed by atoms with Gasteiger partial charge in [0.15, 0.2) is 0 Å². The zero-order chi connectivity index (χ0) is 14.9. The number of rotatable bonds is 6. The van der Waals surface area contributed by atoms with Gasteiger partial charge in [0.25, 0.3) is 0 Å². The first-order valence-corrected chi connectivity index (χ1v) is 4.44. The number of carboxylic acids is 4. The number of aliphatic carboxylic acids is 4. The second-order valence-corrected chi connectivity index (χ2v) is 3.05. The monoisotopic (exact) mass is 334 g/mol. The first-order valence-electron chi connectivity index (χ1n) is 4.44. The van der Waals surface area contributed by atoms with E-state index in [0.29, 0.717) is 0 Å². The van der Waals surface area contributed by atoms with Crippen LogP contribution in [0.3, 0.4) is 0 Å².